The molecule has 0 saturated heterocycles. The molecule has 2 unspecified atom stereocenters. The van der Waals surface area contributed by atoms with Crippen LogP contribution in [0.3, 0.4) is 0 Å². The topological polar surface area (TPSA) is 29.5 Å². The van der Waals surface area contributed by atoms with Gasteiger partial charge in [-0.05, 0) is 19.4 Å². The number of rotatable bonds is 5. The monoisotopic (exact) mass is 206 g/mol. The molecule has 0 spiro atoms. The lowest BCUT2D eigenvalue weighted by atomic mass is 10.2. The molecule has 0 amide bonds. The minimum atomic E-state index is -0.529. The second kappa shape index (κ2) is 6.38. The Hall–Kier alpha value is -1.12. The summed E-state index contributed by atoms with van der Waals surface area (Å²) in [7, 11) is 0. The fourth-order valence-corrected chi connectivity index (χ4v) is 1.25. The third kappa shape index (κ3) is 4.28. The van der Waals surface area contributed by atoms with Gasteiger partial charge in [0.25, 0.3) is 0 Å². The van der Waals surface area contributed by atoms with Crippen LogP contribution >= 0.6 is 0 Å². The molecule has 1 N–H and O–H groups in total. The van der Waals surface area contributed by atoms with Crippen LogP contribution in [-0.2, 0) is 11.3 Å². The van der Waals surface area contributed by atoms with Crippen molar-refractivity contribution in [3.05, 3.63) is 48.0 Å². The van der Waals surface area contributed by atoms with Gasteiger partial charge in [0.05, 0.1) is 18.8 Å². The number of benzene rings is 1. The van der Waals surface area contributed by atoms with E-state index in [1.54, 1.807) is 6.08 Å². The second-order valence-electron chi connectivity index (χ2n) is 3.52. The molecule has 15 heavy (non-hydrogen) atoms. The molecule has 0 aliphatic carbocycles. The minimum Gasteiger partial charge on any atom is -0.386 e. The Morgan fingerprint density at radius 1 is 1.33 bits per heavy atom. The Balaban J connectivity index is 2.37. The lowest BCUT2D eigenvalue weighted by molar-refractivity contribution is -0.0153. The first-order valence-corrected chi connectivity index (χ1v) is 5.20. The Morgan fingerprint density at radius 3 is 2.60 bits per heavy atom. The van der Waals surface area contributed by atoms with Crippen molar-refractivity contribution in [2.24, 2.45) is 0 Å². The Labute approximate surface area is 91.2 Å². The summed E-state index contributed by atoms with van der Waals surface area (Å²) >= 11 is 0. The van der Waals surface area contributed by atoms with E-state index in [0.717, 1.165) is 5.56 Å². The third-order valence-electron chi connectivity index (χ3n) is 2.23. The highest BCUT2D eigenvalue weighted by molar-refractivity contribution is 5.13. The maximum atomic E-state index is 9.58. The molecule has 2 heteroatoms. The van der Waals surface area contributed by atoms with Gasteiger partial charge < -0.3 is 9.84 Å². The van der Waals surface area contributed by atoms with Crippen molar-refractivity contribution < 1.29 is 9.84 Å². The standard InChI is InChI=1S/C13H18O2/c1-3-7-13(14)11(2)15-10-12-8-5-4-6-9-12/h3-9,11,13-14H,10H2,1-2H3/b7-3+. The fourth-order valence-electron chi connectivity index (χ4n) is 1.25. The first-order chi connectivity index (χ1) is 7.24. The fraction of sp³-hybridized carbons (Fsp3) is 0.385. The van der Waals surface area contributed by atoms with E-state index in [0.29, 0.717) is 6.61 Å². The molecular weight excluding hydrogens is 188 g/mol. The summed E-state index contributed by atoms with van der Waals surface area (Å²) in [6.45, 7) is 4.29. The largest absolute Gasteiger partial charge is 0.386 e. The van der Waals surface area contributed by atoms with Crippen molar-refractivity contribution in [2.75, 3.05) is 0 Å². The highest BCUT2D eigenvalue weighted by Gasteiger charge is 2.10. The van der Waals surface area contributed by atoms with Crippen molar-refractivity contribution in [2.45, 2.75) is 32.7 Å². The predicted octanol–water partition coefficient (Wildman–Crippen LogP) is 2.53. The lowest BCUT2D eigenvalue weighted by Crippen LogP contribution is -2.23. The zero-order valence-corrected chi connectivity index (χ0v) is 9.26. The van der Waals surface area contributed by atoms with E-state index < -0.39 is 6.10 Å². The van der Waals surface area contributed by atoms with Crippen molar-refractivity contribution in [3.63, 3.8) is 0 Å². The van der Waals surface area contributed by atoms with E-state index in [2.05, 4.69) is 0 Å². The molecular formula is C13H18O2. The van der Waals surface area contributed by atoms with Crippen LogP contribution in [0, 0.1) is 0 Å². The van der Waals surface area contributed by atoms with Crippen LogP contribution in [0.25, 0.3) is 0 Å². The van der Waals surface area contributed by atoms with Crippen molar-refractivity contribution >= 4 is 0 Å². The zero-order valence-electron chi connectivity index (χ0n) is 9.26. The van der Waals surface area contributed by atoms with Crippen LogP contribution in [0.15, 0.2) is 42.5 Å². The normalized spacial score (nSPS) is 15.4. The summed E-state index contributed by atoms with van der Waals surface area (Å²) in [5.74, 6) is 0. The highest BCUT2D eigenvalue weighted by atomic mass is 16.5. The molecule has 0 aliphatic rings. The van der Waals surface area contributed by atoms with Gasteiger partial charge in [-0.1, -0.05) is 42.5 Å². The molecule has 1 aromatic rings. The van der Waals surface area contributed by atoms with Crippen LogP contribution in [-0.4, -0.2) is 17.3 Å². The van der Waals surface area contributed by atoms with Crippen LogP contribution in [0.5, 0.6) is 0 Å². The number of hydrogen-bond donors (Lipinski definition) is 1. The number of ether oxygens (including phenoxy) is 1. The molecule has 0 bridgehead atoms. The summed E-state index contributed by atoms with van der Waals surface area (Å²) in [5.41, 5.74) is 1.12. The molecule has 0 heterocycles. The van der Waals surface area contributed by atoms with E-state index >= 15 is 0 Å². The highest BCUT2D eigenvalue weighted by Crippen LogP contribution is 2.06. The summed E-state index contributed by atoms with van der Waals surface area (Å²) < 4.78 is 5.54. The molecule has 2 atom stereocenters. The molecule has 1 aromatic carbocycles. The Bertz CT molecular complexity index is 293. The average Bonchev–Trinajstić information content (AvgIpc) is 2.27. The van der Waals surface area contributed by atoms with Gasteiger partial charge in [0, 0.05) is 0 Å². The molecule has 0 saturated carbocycles. The quantitative estimate of drug-likeness (QED) is 0.750. The number of aliphatic hydroxyl groups is 1. The van der Waals surface area contributed by atoms with Gasteiger partial charge in [-0.2, -0.15) is 0 Å². The lowest BCUT2D eigenvalue weighted by Gasteiger charge is -2.16. The number of hydrogen-bond acceptors (Lipinski definition) is 2. The number of allylic oxidation sites excluding steroid dienone is 1. The third-order valence-corrected chi connectivity index (χ3v) is 2.23. The minimum absolute atomic E-state index is 0.179. The zero-order chi connectivity index (χ0) is 11.1. The van der Waals surface area contributed by atoms with E-state index in [4.69, 9.17) is 4.74 Å². The van der Waals surface area contributed by atoms with E-state index in [-0.39, 0.29) is 6.10 Å². The molecule has 1 rings (SSSR count). The van der Waals surface area contributed by atoms with Crippen LogP contribution in [0.4, 0.5) is 0 Å². The van der Waals surface area contributed by atoms with E-state index in [1.807, 2.05) is 50.3 Å². The van der Waals surface area contributed by atoms with Gasteiger partial charge in [-0.15, -0.1) is 0 Å². The summed E-state index contributed by atoms with van der Waals surface area (Å²) in [6.07, 6.45) is 2.85. The second-order valence-corrected chi connectivity index (χ2v) is 3.52. The summed E-state index contributed by atoms with van der Waals surface area (Å²) in [6, 6.07) is 9.95. The van der Waals surface area contributed by atoms with Gasteiger partial charge in [-0.3, -0.25) is 0 Å². The maximum Gasteiger partial charge on any atom is 0.0979 e. The molecule has 2 nitrogen and oxygen atoms in total. The van der Waals surface area contributed by atoms with Gasteiger partial charge in [0.15, 0.2) is 0 Å². The van der Waals surface area contributed by atoms with Gasteiger partial charge >= 0.3 is 0 Å². The van der Waals surface area contributed by atoms with Crippen molar-refractivity contribution in [1.82, 2.24) is 0 Å². The van der Waals surface area contributed by atoms with Gasteiger partial charge in [0.1, 0.15) is 0 Å². The van der Waals surface area contributed by atoms with Crippen LogP contribution in [0.2, 0.25) is 0 Å². The molecule has 0 aromatic heterocycles. The SMILES string of the molecule is C/C=C/C(O)C(C)OCc1ccccc1. The Kier molecular flexibility index (Phi) is 5.08. The summed E-state index contributed by atoms with van der Waals surface area (Å²) in [4.78, 5) is 0. The maximum absolute atomic E-state index is 9.58. The number of aliphatic hydroxyl groups excluding tert-OH is 1. The Morgan fingerprint density at radius 2 is 2.00 bits per heavy atom. The summed E-state index contributed by atoms with van der Waals surface area (Å²) in [5, 5.41) is 9.58. The van der Waals surface area contributed by atoms with Crippen LogP contribution in [0.1, 0.15) is 19.4 Å². The predicted molar refractivity (Wildman–Crippen MR) is 61.5 cm³/mol. The first kappa shape index (κ1) is 12.0. The molecule has 0 fully saturated rings. The van der Waals surface area contributed by atoms with Crippen molar-refractivity contribution in [3.8, 4) is 0 Å². The van der Waals surface area contributed by atoms with Crippen LogP contribution < -0.4 is 0 Å². The molecule has 0 aliphatic heterocycles. The molecule has 82 valence electrons. The smallest absolute Gasteiger partial charge is 0.0979 e. The van der Waals surface area contributed by atoms with E-state index in [1.165, 1.54) is 0 Å². The van der Waals surface area contributed by atoms with Crippen molar-refractivity contribution in [1.29, 1.82) is 0 Å². The average molecular weight is 206 g/mol. The van der Waals surface area contributed by atoms with Gasteiger partial charge in [0.2, 0.25) is 0 Å². The van der Waals surface area contributed by atoms with E-state index in [9.17, 15) is 5.11 Å². The first-order valence-electron chi connectivity index (χ1n) is 5.20. The van der Waals surface area contributed by atoms with Gasteiger partial charge in [-0.25, -0.2) is 0 Å². The molecule has 0 radical (unpaired) electrons.